The predicted molar refractivity (Wildman–Crippen MR) is 64.6 cm³/mol. The van der Waals surface area contributed by atoms with Crippen molar-refractivity contribution in [2.45, 2.75) is 38.1 Å². The first-order chi connectivity index (χ1) is 7.20. The minimum Gasteiger partial charge on any atom is -0.357 e. The Balaban J connectivity index is 2.22. The van der Waals surface area contributed by atoms with Crippen LogP contribution in [-0.2, 0) is 5.88 Å². The molecule has 15 heavy (non-hydrogen) atoms. The van der Waals surface area contributed by atoms with Gasteiger partial charge in [-0.2, -0.15) is 0 Å². The quantitative estimate of drug-likeness (QED) is 0.734. The van der Waals surface area contributed by atoms with Crippen molar-refractivity contribution >= 4 is 17.4 Å². The van der Waals surface area contributed by atoms with Crippen LogP contribution in [0.4, 0.5) is 5.82 Å². The molecule has 0 aromatic carbocycles. The zero-order chi connectivity index (χ0) is 10.8. The molecule has 2 rings (SSSR count). The maximum atomic E-state index is 5.86. The second kappa shape index (κ2) is 4.40. The van der Waals surface area contributed by atoms with Crippen LogP contribution in [0.2, 0.25) is 0 Å². The average Bonchev–Trinajstić information content (AvgIpc) is 2.14. The summed E-state index contributed by atoms with van der Waals surface area (Å²) in [5.41, 5.74) is 2.21. The van der Waals surface area contributed by atoms with Gasteiger partial charge >= 0.3 is 0 Å². The van der Waals surface area contributed by atoms with Gasteiger partial charge in [0.05, 0.1) is 0 Å². The van der Waals surface area contributed by atoms with Crippen LogP contribution in [0.3, 0.4) is 0 Å². The Kier molecular flexibility index (Phi) is 3.15. The lowest BCUT2D eigenvalue weighted by Gasteiger charge is -2.35. The van der Waals surface area contributed by atoms with Gasteiger partial charge in [0.15, 0.2) is 0 Å². The number of alkyl halides is 1. The monoisotopic (exact) mass is 224 g/mol. The van der Waals surface area contributed by atoms with Gasteiger partial charge in [0, 0.05) is 24.7 Å². The second-order valence-electron chi connectivity index (χ2n) is 4.30. The number of aromatic nitrogens is 1. The topological polar surface area (TPSA) is 16.1 Å². The Morgan fingerprint density at radius 3 is 2.73 bits per heavy atom. The number of hydrogen-bond donors (Lipinski definition) is 0. The third kappa shape index (κ3) is 2.25. The largest absolute Gasteiger partial charge is 0.357 e. The first kappa shape index (κ1) is 10.7. The van der Waals surface area contributed by atoms with Crippen LogP contribution >= 0.6 is 11.6 Å². The first-order valence-corrected chi connectivity index (χ1v) is 6.00. The minimum absolute atomic E-state index is 0.564. The van der Waals surface area contributed by atoms with Gasteiger partial charge in [-0.3, -0.25) is 0 Å². The van der Waals surface area contributed by atoms with Crippen molar-refractivity contribution < 1.29 is 0 Å². The number of rotatable bonds is 3. The SMILES string of the molecule is Cc1cc(CCl)cc(N(C)C2CCC2)n1. The second-order valence-corrected chi connectivity index (χ2v) is 4.57. The van der Waals surface area contributed by atoms with Crippen LogP contribution in [0.25, 0.3) is 0 Å². The van der Waals surface area contributed by atoms with Crippen molar-refractivity contribution in [3.05, 3.63) is 23.4 Å². The summed E-state index contributed by atoms with van der Waals surface area (Å²) in [6.45, 7) is 2.02. The van der Waals surface area contributed by atoms with Crippen LogP contribution in [0, 0.1) is 6.92 Å². The molecule has 0 radical (unpaired) electrons. The highest BCUT2D eigenvalue weighted by Crippen LogP contribution is 2.27. The summed E-state index contributed by atoms with van der Waals surface area (Å²) in [5, 5.41) is 0. The molecule has 0 unspecified atom stereocenters. The Bertz CT molecular complexity index is 347. The molecule has 0 bridgehead atoms. The number of hydrogen-bond acceptors (Lipinski definition) is 2. The summed E-state index contributed by atoms with van der Waals surface area (Å²) in [4.78, 5) is 6.84. The Morgan fingerprint density at radius 2 is 2.20 bits per heavy atom. The van der Waals surface area contributed by atoms with Crippen LogP contribution in [0.15, 0.2) is 12.1 Å². The molecule has 0 N–H and O–H groups in total. The van der Waals surface area contributed by atoms with Crippen LogP contribution in [0.5, 0.6) is 0 Å². The van der Waals surface area contributed by atoms with Crippen molar-refractivity contribution in [3.63, 3.8) is 0 Å². The van der Waals surface area contributed by atoms with E-state index < -0.39 is 0 Å². The van der Waals surface area contributed by atoms with Crippen molar-refractivity contribution in [3.8, 4) is 0 Å². The molecule has 82 valence electrons. The van der Waals surface area contributed by atoms with Gasteiger partial charge in [0.1, 0.15) is 5.82 Å². The van der Waals surface area contributed by atoms with Gasteiger partial charge in [0.2, 0.25) is 0 Å². The third-order valence-corrected chi connectivity index (χ3v) is 3.45. The smallest absolute Gasteiger partial charge is 0.129 e. The van der Waals surface area contributed by atoms with Crippen LogP contribution in [-0.4, -0.2) is 18.1 Å². The predicted octanol–water partition coefficient (Wildman–Crippen LogP) is 3.12. The normalized spacial score (nSPS) is 16.2. The average molecular weight is 225 g/mol. The Hall–Kier alpha value is -0.760. The van der Waals surface area contributed by atoms with Gasteiger partial charge in [-0.15, -0.1) is 11.6 Å². The number of aryl methyl sites for hydroxylation is 1. The third-order valence-electron chi connectivity index (χ3n) is 3.14. The standard InChI is InChI=1S/C12H17ClN2/c1-9-6-10(8-13)7-12(14-9)15(2)11-4-3-5-11/h6-7,11H,3-5,8H2,1-2H3. The van der Waals surface area contributed by atoms with E-state index in [9.17, 15) is 0 Å². The van der Waals surface area contributed by atoms with E-state index in [4.69, 9.17) is 11.6 Å². The molecule has 1 aromatic rings. The molecule has 1 aliphatic rings. The molecule has 0 aliphatic heterocycles. The highest BCUT2D eigenvalue weighted by atomic mass is 35.5. The Labute approximate surface area is 96.3 Å². The van der Waals surface area contributed by atoms with E-state index in [1.165, 1.54) is 19.3 Å². The van der Waals surface area contributed by atoms with E-state index in [0.29, 0.717) is 11.9 Å². The number of anilines is 1. The summed E-state index contributed by atoms with van der Waals surface area (Å²) in [6.07, 6.45) is 3.94. The summed E-state index contributed by atoms with van der Waals surface area (Å²) in [7, 11) is 2.13. The number of halogens is 1. The van der Waals surface area contributed by atoms with E-state index in [2.05, 4.69) is 23.0 Å². The molecule has 1 heterocycles. The fraction of sp³-hybridized carbons (Fsp3) is 0.583. The van der Waals surface area contributed by atoms with E-state index in [1.54, 1.807) is 0 Å². The molecule has 1 fully saturated rings. The Morgan fingerprint density at radius 1 is 1.47 bits per heavy atom. The number of nitrogens with zero attached hydrogens (tertiary/aromatic N) is 2. The van der Waals surface area contributed by atoms with Gasteiger partial charge in [-0.1, -0.05) is 0 Å². The van der Waals surface area contributed by atoms with E-state index in [-0.39, 0.29) is 0 Å². The molecule has 2 nitrogen and oxygen atoms in total. The van der Waals surface area contributed by atoms with Gasteiger partial charge < -0.3 is 4.90 Å². The zero-order valence-electron chi connectivity index (χ0n) is 9.33. The highest BCUT2D eigenvalue weighted by molar-refractivity contribution is 6.17. The molecular formula is C12H17ClN2. The summed E-state index contributed by atoms with van der Waals surface area (Å²) in [6, 6.07) is 4.83. The van der Waals surface area contributed by atoms with Crippen molar-refractivity contribution in [1.82, 2.24) is 4.98 Å². The van der Waals surface area contributed by atoms with E-state index >= 15 is 0 Å². The molecule has 1 saturated carbocycles. The summed E-state index contributed by atoms with van der Waals surface area (Å²) in [5.74, 6) is 1.63. The maximum absolute atomic E-state index is 5.86. The highest BCUT2D eigenvalue weighted by Gasteiger charge is 2.23. The van der Waals surface area contributed by atoms with Crippen LogP contribution in [0.1, 0.15) is 30.5 Å². The van der Waals surface area contributed by atoms with Gasteiger partial charge in [0.25, 0.3) is 0 Å². The molecule has 0 spiro atoms. The van der Waals surface area contributed by atoms with Gasteiger partial charge in [-0.25, -0.2) is 4.98 Å². The van der Waals surface area contributed by atoms with E-state index in [0.717, 1.165) is 17.1 Å². The molecule has 1 aliphatic carbocycles. The summed E-state index contributed by atoms with van der Waals surface area (Å²) >= 11 is 5.86. The maximum Gasteiger partial charge on any atom is 0.129 e. The fourth-order valence-corrected chi connectivity index (χ4v) is 2.09. The molecular weight excluding hydrogens is 208 g/mol. The lowest BCUT2D eigenvalue weighted by atomic mass is 9.92. The lowest BCUT2D eigenvalue weighted by molar-refractivity contribution is 0.399. The summed E-state index contributed by atoms with van der Waals surface area (Å²) < 4.78 is 0. The minimum atomic E-state index is 0.564. The fourth-order valence-electron chi connectivity index (χ4n) is 1.94. The van der Waals surface area contributed by atoms with Crippen LogP contribution < -0.4 is 4.90 Å². The molecule has 0 atom stereocenters. The molecule has 0 saturated heterocycles. The van der Waals surface area contributed by atoms with Crippen molar-refractivity contribution in [2.24, 2.45) is 0 Å². The number of pyridine rings is 1. The van der Waals surface area contributed by atoms with Crippen molar-refractivity contribution in [1.29, 1.82) is 0 Å². The molecule has 3 heteroatoms. The van der Waals surface area contributed by atoms with Crippen molar-refractivity contribution in [2.75, 3.05) is 11.9 Å². The lowest BCUT2D eigenvalue weighted by Crippen LogP contribution is -2.37. The van der Waals surface area contributed by atoms with Gasteiger partial charge in [-0.05, 0) is 43.9 Å². The molecule has 0 amide bonds. The van der Waals surface area contributed by atoms with E-state index in [1.807, 2.05) is 13.0 Å². The molecule has 1 aromatic heterocycles. The zero-order valence-corrected chi connectivity index (χ0v) is 10.1. The first-order valence-electron chi connectivity index (χ1n) is 5.47.